The van der Waals surface area contributed by atoms with Crippen LogP contribution >= 0.6 is 22.9 Å². The second-order valence-electron chi connectivity index (χ2n) is 7.52. The summed E-state index contributed by atoms with van der Waals surface area (Å²) in [7, 11) is 0. The van der Waals surface area contributed by atoms with E-state index in [0.29, 0.717) is 17.4 Å². The molecule has 9 heteroatoms. The minimum Gasteiger partial charge on any atom is -0.378 e. The standard InChI is InChI=1S/C21H22ClN5O2S/c22-15-3-1-14(2-4-15)19-24-18-5-6-26(13-17(18)20(28)25-19)12-16-11-23-21(30-16)27-7-9-29-10-8-27/h1-4,11H,5-10,12-13H2,(H,24,25,28). The van der Waals surface area contributed by atoms with E-state index in [0.717, 1.165) is 67.8 Å². The predicted molar refractivity (Wildman–Crippen MR) is 118 cm³/mol. The molecule has 0 spiro atoms. The van der Waals surface area contributed by atoms with Gasteiger partial charge in [0.15, 0.2) is 5.13 Å². The molecule has 2 aliphatic heterocycles. The highest BCUT2D eigenvalue weighted by Crippen LogP contribution is 2.26. The number of hydrogen-bond donors (Lipinski definition) is 1. The highest BCUT2D eigenvalue weighted by Gasteiger charge is 2.23. The Labute approximate surface area is 183 Å². The maximum absolute atomic E-state index is 12.8. The number of aromatic amines is 1. The lowest BCUT2D eigenvalue weighted by atomic mass is 10.1. The summed E-state index contributed by atoms with van der Waals surface area (Å²) in [5.41, 5.74) is 2.45. The Bertz CT molecular complexity index is 1090. The van der Waals surface area contributed by atoms with Gasteiger partial charge in [-0.2, -0.15) is 0 Å². The van der Waals surface area contributed by atoms with Crippen molar-refractivity contribution < 1.29 is 4.74 Å². The van der Waals surface area contributed by atoms with Crippen LogP contribution in [0.15, 0.2) is 35.3 Å². The van der Waals surface area contributed by atoms with Crippen molar-refractivity contribution in [2.75, 3.05) is 37.7 Å². The van der Waals surface area contributed by atoms with Gasteiger partial charge in [-0.15, -0.1) is 11.3 Å². The van der Waals surface area contributed by atoms with E-state index in [1.165, 1.54) is 4.88 Å². The molecule has 7 nitrogen and oxygen atoms in total. The number of fused-ring (bicyclic) bond motifs is 1. The molecule has 0 amide bonds. The molecule has 30 heavy (non-hydrogen) atoms. The Kier molecular flexibility index (Phi) is 5.56. The van der Waals surface area contributed by atoms with Crippen LogP contribution in [0.3, 0.4) is 0 Å². The Morgan fingerprint density at radius 1 is 1.17 bits per heavy atom. The van der Waals surface area contributed by atoms with Crippen molar-refractivity contribution in [1.29, 1.82) is 0 Å². The summed E-state index contributed by atoms with van der Waals surface area (Å²) in [5, 5.41) is 1.72. The Morgan fingerprint density at radius 2 is 1.97 bits per heavy atom. The van der Waals surface area contributed by atoms with Gasteiger partial charge in [0.05, 0.1) is 24.5 Å². The zero-order valence-corrected chi connectivity index (χ0v) is 18.0. The zero-order chi connectivity index (χ0) is 20.5. The molecule has 2 aliphatic rings. The number of ether oxygens (including phenoxy) is 1. The highest BCUT2D eigenvalue weighted by atomic mass is 35.5. The number of nitrogens with one attached hydrogen (secondary N) is 1. The second-order valence-corrected chi connectivity index (χ2v) is 9.05. The van der Waals surface area contributed by atoms with Gasteiger partial charge < -0.3 is 14.6 Å². The van der Waals surface area contributed by atoms with Crippen molar-refractivity contribution in [1.82, 2.24) is 19.9 Å². The van der Waals surface area contributed by atoms with Crippen LogP contribution in [-0.2, 0) is 24.2 Å². The number of anilines is 1. The number of rotatable bonds is 4. The molecule has 4 heterocycles. The summed E-state index contributed by atoms with van der Waals surface area (Å²) < 4.78 is 5.42. The molecule has 156 valence electrons. The summed E-state index contributed by atoms with van der Waals surface area (Å²) in [6.45, 7) is 5.55. The molecule has 1 saturated heterocycles. The van der Waals surface area contributed by atoms with Crippen LogP contribution in [0.25, 0.3) is 11.4 Å². The van der Waals surface area contributed by atoms with Gasteiger partial charge in [0.25, 0.3) is 5.56 Å². The smallest absolute Gasteiger partial charge is 0.255 e. The summed E-state index contributed by atoms with van der Waals surface area (Å²) in [6, 6.07) is 7.35. The van der Waals surface area contributed by atoms with Crippen LogP contribution in [-0.4, -0.2) is 52.7 Å². The predicted octanol–water partition coefficient (Wildman–Crippen LogP) is 2.94. The molecule has 2 aromatic heterocycles. The molecule has 3 aromatic rings. The average Bonchev–Trinajstić information content (AvgIpc) is 3.24. The van der Waals surface area contributed by atoms with Crippen molar-refractivity contribution in [3.63, 3.8) is 0 Å². The molecule has 0 unspecified atom stereocenters. The summed E-state index contributed by atoms with van der Waals surface area (Å²) in [4.78, 5) is 30.8. The number of thiazole rings is 1. The van der Waals surface area contributed by atoms with E-state index >= 15 is 0 Å². The molecular formula is C21H22ClN5O2S. The maximum Gasteiger partial charge on any atom is 0.255 e. The van der Waals surface area contributed by atoms with Gasteiger partial charge in [-0.25, -0.2) is 9.97 Å². The third-order valence-corrected chi connectivity index (χ3v) is 6.76. The van der Waals surface area contributed by atoms with Crippen LogP contribution in [0.2, 0.25) is 5.02 Å². The molecule has 5 rings (SSSR count). The van der Waals surface area contributed by atoms with Gasteiger partial charge in [-0.05, 0) is 24.3 Å². The highest BCUT2D eigenvalue weighted by molar-refractivity contribution is 7.15. The van der Waals surface area contributed by atoms with E-state index < -0.39 is 0 Å². The monoisotopic (exact) mass is 443 g/mol. The summed E-state index contributed by atoms with van der Waals surface area (Å²) in [5.74, 6) is 0.599. The van der Waals surface area contributed by atoms with Crippen molar-refractivity contribution in [2.45, 2.75) is 19.5 Å². The number of aromatic nitrogens is 3. The maximum atomic E-state index is 12.8. The van der Waals surface area contributed by atoms with Gasteiger partial charge in [0.1, 0.15) is 5.82 Å². The Hall–Kier alpha value is -2.26. The van der Waals surface area contributed by atoms with Crippen LogP contribution in [0.1, 0.15) is 16.1 Å². The third-order valence-electron chi connectivity index (χ3n) is 5.47. The van der Waals surface area contributed by atoms with Crippen LogP contribution in [0, 0.1) is 0 Å². The van der Waals surface area contributed by atoms with Gasteiger partial charge in [0.2, 0.25) is 0 Å². The minimum atomic E-state index is -0.0621. The lowest BCUT2D eigenvalue weighted by Crippen LogP contribution is -2.36. The van der Waals surface area contributed by atoms with E-state index in [4.69, 9.17) is 21.3 Å². The van der Waals surface area contributed by atoms with E-state index in [9.17, 15) is 4.79 Å². The first kappa shape index (κ1) is 19.7. The number of hydrogen-bond acceptors (Lipinski definition) is 7. The molecule has 1 fully saturated rings. The molecule has 0 saturated carbocycles. The lowest BCUT2D eigenvalue weighted by molar-refractivity contribution is 0.122. The molecule has 1 aromatic carbocycles. The molecule has 0 radical (unpaired) electrons. The molecule has 0 aliphatic carbocycles. The van der Waals surface area contributed by atoms with Crippen molar-refractivity contribution in [3.8, 4) is 11.4 Å². The van der Waals surface area contributed by atoms with Crippen LogP contribution in [0.5, 0.6) is 0 Å². The lowest BCUT2D eigenvalue weighted by Gasteiger charge is -2.27. The molecule has 1 N–H and O–H groups in total. The number of morpholine rings is 1. The largest absolute Gasteiger partial charge is 0.378 e. The van der Waals surface area contributed by atoms with Crippen LogP contribution in [0.4, 0.5) is 5.13 Å². The van der Waals surface area contributed by atoms with E-state index in [1.807, 2.05) is 18.3 Å². The number of nitrogens with zero attached hydrogens (tertiary/aromatic N) is 4. The first-order valence-corrected chi connectivity index (χ1v) is 11.2. The minimum absolute atomic E-state index is 0.0621. The Balaban J connectivity index is 1.30. The zero-order valence-electron chi connectivity index (χ0n) is 16.4. The van der Waals surface area contributed by atoms with E-state index in [1.54, 1.807) is 23.5 Å². The number of halogens is 1. The molecular weight excluding hydrogens is 422 g/mol. The molecule has 0 bridgehead atoms. The van der Waals surface area contributed by atoms with E-state index in [2.05, 4.69) is 19.8 Å². The normalized spacial score (nSPS) is 17.2. The fourth-order valence-corrected chi connectivity index (χ4v) is 4.98. The quantitative estimate of drug-likeness (QED) is 0.668. The Morgan fingerprint density at radius 3 is 2.77 bits per heavy atom. The van der Waals surface area contributed by atoms with Crippen LogP contribution < -0.4 is 10.5 Å². The first-order chi connectivity index (χ1) is 14.7. The fourth-order valence-electron chi connectivity index (χ4n) is 3.85. The van der Waals surface area contributed by atoms with Crippen molar-refractivity contribution in [3.05, 3.63) is 62.0 Å². The first-order valence-electron chi connectivity index (χ1n) is 10.0. The molecule has 0 atom stereocenters. The SMILES string of the molecule is O=c1[nH]c(-c2ccc(Cl)cc2)nc2c1CN(Cc1cnc(N3CCOCC3)s1)CC2. The summed E-state index contributed by atoms with van der Waals surface area (Å²) in [6.07, 6.45) is 2.71. The topological polar surface area (TPSA) is 74.4 Å². The average molecular weight is 444 g/mol. The van der Waals surface area contributed by atoms with Crippen molar-refractivity contribution in [2.24, 2.45) is 0 Å². The van der Waals surface area contributed by atoms with Gasteiger partial charge in [0, 0.05) is 60.8 Å². The number of H-pyrrole nitrogens is 1. The summed E-state index contributed by atoms with van der Waals surface area (Å²) >= 11 is 7.69. The number of benzene rings is 1. The van der Waals surface area contributed by atoms with E-state index in [-0.39, 0.29) is 5.56 Å². The second kappa shape index (κ2) is 8.47. The van der Waals surface area contributed by atoms with Gasteiger partial charge >= 0.3 is 0 Å². The van der Waals surface area contributed by atoms with Gasteiger partial charge in [-0.1, -0.05) is 11.6 Å². The third kappa shape index (κ3) is 4.13. The van der Waals surface area contributed by atoms with Gasteiger partial charge in [-0.3, -0.25) is 9.69 Å². The fraction of sp³-hybridized carbons (Fsp3) is 0.381. The van der Waals surface area contributed by atoms with Crippen molar-refractivity contribution >= 4 is 28.1 Å².